The number of unbranched alkanes of at least 4 members (excludes halogenated alkanes) is 5. The summed E-state index contributed by atoms with van der Waals surface area (Å²) in [6.45, 7) is 4.40. The number of hydrogen-bond acceptors (Lipinski definition) is 0. The molecular weight excluding hydrogens is 175 g/mol. The molecule has 0 aliphatic heterocycles. The van der Waals surface area contributed by atoms with Crippen molar-refractivity contribution in [3.05, 3.63) is 0 Å². The number of hydrogen-bond donors (Lipinski definition) is 0. The van der Waals surface area contributed by atoms with Crippen molar-refractivity contribution < 1.29 is 0 Å². The molecule has 1 atom stereocenters. The van der Waals surface area contributed by atoms with E-state index in [0.29, 0.717) is 0 Å². The lowest BCUT2D eigenvalue weighted by molar-refractivity contribution is 0.626. The van der Waals surface area contributed by atoms with Crippen LogP contribution in [-0.4, -0.2) is 12.8 Å². The maximum atomic E-state index is 5.88. The van der Waals surface area contributed by atoms with Crippen molar-refractivity contribution in [3.8, 4) is 0 Å². The van der Waals surface area contributed by atoms with Gasteiger partial charge >= 0.3 is 0 Å². The molecular formula is C9H20ClP. The van der Waals surface area contributed by atoms with Crippen LogP contribution in [-0.2, 0) is 0 Å². The second-order valence-electron chi connectivity index (χ2n) is 3.10. The Labute approximate surface area is 77.3 Å². The summed E-state index contributed by atoms with van der Waals surface area (Å²) in [6, 6.07) is 0. The van der Waals surface area contributed by atoms with E-state index in [0.717, 1.165) is 0 Å². The molecule has 0 aliphatic carbocycles. The molecule has 0 heterocycles. The molecule has 68 valence electrons. The topological polar surface area (TPSA) is 0 Å². The zero-order valence-electron chi connectivity index (χ0n) is 7.77. The van der Waals surface area contributed by atoms with Gasteiger partial charge in [-0.05, 0) is 26.5 Å². The first-order chi connectivity index (χ1) is 5.27. The van der Waals surface area contributed by atoms with E-state index < -0.39 is 0 Å². The summed E-state index contributed by atoms with van der Waals surface area (Å²) in [4.78, 5) is 0. The number of rotatable bonds is 7. The van der Waals surface area contributed by atoms with Gasteiger partial charge in [0.2, 0.25) is 0 Å². The molecule has 11 heavy (non-hydrogen) atoms. The maximum absolute atomic E-state index is 5.88. The standard InChI is InChI=1S/C9H20ClP/c1-3-4-5-6-7-8-9-11(2)10/h3-9H2,1-2H3. The van der Waals surface area contributed by atoms with Crippen molar-refractivity contribution in [1.82, 2.24) is 0 Å². The van der Waals surface area contributed by atoms with E-state index in [9.17, 15) is 0 Å². The summed E-state index contributed by atoms with van der Waals surface area (Å²) in [5.74, 6) is 0. The molecule has 0 rings (SSSR count). The minimum absolute atomic E-state index is 0.153. The Hall–Kier alpha value is 0.720. The second-order valence-corrected chi connectivity index (χ2v) is 6.48. The Morgan fingerprint density at radius 1 is 1.00 bits per heavy atom. The predicted octanol–water partition coefficient (Wildman–Crippen LogP) is 4.61. The first-order valence-corrected chi connectivity index (χ1v) is 7.52. The van der Waals surface area contributed by atoms with E-state index in [1.165, 1.54) is 44.7 Å². The highest BCUT2D eigenvalue weighted by Gasteiger charge is 1.94. The van der Waals surface area contributed by atoms with Gasteiger partial charge in [0.05, 0.1) is 0 Å². The molecule has 0 aromatic rings. The quantitative estimate of drug-likeness (QED) is 0.410. The van der Waals surface area contributed by atoms with Gasteiger partial charge in [-0.1, -0.05) is 50.3 Å². The van der Waals surface area contributed by atoms with Crippen LogP contribution < -0.4 is 0 Å². The van der Waals surface area contributed by atoms with Crippen LogP contribution >= 0.6 is 18.5 Å². The molecule has 0 radical (unpaired) electrons. The van der Waals surface area contributed by atoms with Crippen molar-refractivity contribution in [2.24, 2.45) is 0 Å². The van der Waals surface area contributed by atoms with Crippen LogP contribution in [0.25, 0.3) is 0 Å². The average Bonchev–Trinajstić information content (AvgIpc) is 1.96. The summed E-state index contributed by atoms with van der Waals surface area (Å²) < 4.78 is 0. The Kier molecular flexibility index (Phi) is 9.39. The molecule has 0 spiro atoms. The van der Waals surface area contributed by atoms with Crippen molar-refractivity contribution in [2.45, 2.75) is 45.4 Å². The summed E-state index contributed by atoms with van der Waals surface area (Å²) in [7, 11) is -0.153. The SMILES string of the molecule is CCCCCCCCP(C)Cl. The van der Waals surface area contributed by atoms with E-state index in [1.54, 1.807) is 0 Å². The zero-order chi connectivity index (χ0) is 8.53. The van der Waals surface area contributed by atoms with Gasteiger partial charge in [-0.3, -0.25) is 0 Å². The molecule has 0 saturated carbocycles. The Morgan fingerprint density at radius 3 is 2.09 bits per heavy atom. The normalized spacial score (nSPS) is 13.4. The number of halogens is 1. The third-order valence-corrected chi connectivity index (χ3v) is 3.26. The van der Waals surface area contributed by atoms with E-state index >= 15 is 0 Å². The van der Waals surface area contributed by atoms with Gasteiger partial charge in [0.15, 0.2) is 0 Å². The van der Waals surface area contributed by atoms with E-state index in [4.69, 9.17) is 11.2 Å². The van der Waals surface area contributed by atoms with Crippen LogP contribution in [0.4, 0.5) is 0 Å². The highest BCUT2D eigenvalue weighted by atomic mass is 35.7. The maximum Gasteiger partial charge on any atom is -0.0129 e. The fourth-order valence-electron chi connectivity index (χ4n) is 1.11. The van der Waals surface area contributed by atoms with Crippen LogP contribution in [0.1, 0.15) is 45.4 Å². The highest BCUT2D eigenvalue weighted by Crippen LogP contribution is 2.37. The molecule has 0 aromatic carbocycles. The Bertz CT molecular complexity index is 74.0. The third kappa shape index (κ3) is 10.7. The highest BCUT2D eigenvalue weighted by molar-refractivity contribution is 7.83. The average molecular weight is 195 g/mol. The van der Waals surface area contributed by atoms with Gasteiger partial charge in [-0.2, -0.15) is 0 Å². The first kappa shape index (κ1) is 11.7. The van der Waals surface area contributed by atoms with Gasteiger partial charge in [0.1, 0.15) is 0 Å². The molecule has 0 aromatic heterocycles. The minimum atomic E-state index is -0.153. The summed E-state index contributed by atoms with van der Waals surface area (Å²) in [5, 5.41) is 0. The Morgan fingerprint density at radius 2 is 1.55 bits per heavy atom. The van der Waals surface area contributed by atoms with E-state index in [1.807, 2.05) is 0 Å². The minimum Gasteiger partial charge on any atom is -0.0967 e. The lowest BCUT2D eigenvalue weighted by atomic mass is 10.1. The van der Waals surface area contributed by atoms with Gasteiger partial charge in [-0.25, -0.2) is 0 Å². The van der Waals surface area contributed by atoms with Crippen LogP contribution in [0.3, 0.4) is 0 Å². The van der Waals surface area contributed by atoms with Crippen molar-refractivity contribution in [1.29, 1.82) is 0 Å². The largest absolute Gasteiger partial charge is 0.0967 e. The second kappa shape index (κ2) is 8.81. The lowest BCUT2D eigenvalue weighted by Gasteiger charge is -2.01. The zero-order valence-corrected chi connectivity index (χ0v) is 9.43. The van der Waals surface area contributed by atoms with Gasteiger partial charge in [-0.15, -0.1) is 0 Å². The molecule has 0 aliphatic rings. The molecule has 0 bridgehead atoms. The van der Waals surface area contributed by atoms with Gasteiger partial charge < -0.3 is 0 Å². The van der Waals surface area contributed by atoms with Gasteiger partial charge in [0.25, 0.3) is 0 Å². The lowest BCUT2D eigenvalue weighted by Crippen LogP contribution is -1.81. The first-order valence-electron chi connectivity index (χ1n) is 4.64. The molecule has 2 heteroatoms. The fraction of sp³-hybridized carbons (Fsp3) is 1.00. The van der Waals surface area contributed by atoms with Crippen LogP contribution in [0, 0.1) is 0 Å². The smallest absolute Gasteiger partial charge is 0.0129 e. The van der Waals surface area contributed by atoms with Crippen LogP contribution in [0.15, 0.2) is 0 Å². The fourth-order valence-corrected chi connectivity index (χ4v) is 2.13. The van der Waals surface area contributed by atoms with E-state index in [-0.39, 0.29) is 7.27 Å². The molecule has 0 nitrogen and oxygen atoms in total. The van der Waals surface area contributed by atoms with Gasteiger partial charge in [0, 0.05) is 0 Å². The van der Waals surface area contributed by atoms with Crippen molar-refractivity contribution in [3.63, 3.8) is 0 Å². The predicted molar refractivity (Wildman–Crippen MR) is 56.9 cm³/mol. The summed E-state index contributed by atoms with van der Waals surface area (Å²) >= 11 is 5.88. The Balaban J connectivity index is 2.80. The summed E-state index contributed by atoms with van der Waals surface area (Å²) in [6.07, 6.45) is 9.56. The van der Waals surface area contributed by atoms with Crippen LogP contribution in [0.2, 0.25) is 0 Å². The van der Waals surface area contributed by atoms with Crippen molar-refractivity contribution >= 4 is 18.5 Å². The molecule has 0 amide bonds. The summed E-state index contributed by atoms with van der Waals surface area (Å²) in [5.41, 5.74) is 0. The van der Waals surface area contributed by atoms with Crippen molar-refractivity contribution in [2.75, 3.05) is 12.8 Å². The third-order valence-electron chi connectivity index (χ3n) is 1.82. The van der Waals surface area contributed by atoms with Crippen LogP contribution in [0.5, 0.6) is 0 Å². The monoisotopic (exact) mass is 194 g/mol. The molecule has 0 saturated heterocycles. The molecule has 0 N–H and O–H groups in total. The molecule has 1 unspecified atom stereocenters. The molecule has 0 fully saturated rings. The van der Waals surface area contributed by atoms with E-state index in [2.05, 4.69) is 13.6 Å².